The fraction of sp³-hybridized carbons (Fsp3) is 0.286. The molecule has 3 aromatic rings. The van der Waals surface area contributed by atoms with Crippen molar-refractivity contribution >= 4 is 28.5 Å². The lowest BCUT2D eigenvalue weighted by Gasteiger charge is -2.14. The first-order chi connectivity index (χ1) is 17.0. The minimum Gasteiger partial charge on any atom is -0.497 e. The van der Waals surface area contributed by atoms with Gasteiger partial charge in [-0.1, -0.05) is 47.7 Å². The first-order valence-electron chi connectivity index (χ1n) is 11.6. The number of amidine groups is 1. The van der Waals surface area contributed by atoms with E-state index in [1.807, 2.05) is 49.4 Å². The van der Waals surface area contributed by atoms with Crippen LogP contribution in [-0.2, 0) is 17.8 Å². The Hall–Kier alpha value is -3.45. The first kappa shape index (κ1) is 24.7. The van der Waals surface area contributed by atoms with Crippen LogP contribution in [0.1, 0.15) is 23.6 Å². The molecule has 1 saturated heterocycles. The average Bonchev–Trinajstić information content (AvgIpc) is 3.17. The minimum absolute atomic E-state index is 0.0726. The molecule has 0 N–H and O–H groups in total. The topological polar surface area (TPSA) is 60.4 Å². The van der Waals surface area contributed by atoms with Gasteiger partial charge in [0, 0.05) is 6.54 Å². The van der Waals surface area contributed by atoms with E-state index in [9.17, 15) is 4.79 Å². The molecule has 0 aliphatic carbocycles. The van der Waals surface area contributed by atoms with Crippen LogP contribution in [0.15, 0.2) is 71.7 Å². The third-order valence-corrected chi connectivity index (χ3v) is 6.97. The van der Waals surface area contributed by atoms with Crippen LogP contribution in [0, 0.1) is 6.92 Å². The van der Waals surface area contributed by atoms with Crippen molar-refractivity contribution < 1.29 is 19.0 Å². The van der Waals surface area contributed by atoms with E-state index in [1.54, 1.807) is 19.1 Å². The molecule has 1 aliphatic heterocycles. The second-order valence-corrected chi connectivity index (χ2v) is 9.41. The zero-order chi connectivity index (χ0) is 24.8. The lowest BCUT2D eigenvalue weighted by Crippen LogP contribution is -2.32. The van der Waals surface area contributed by atoms with Gasteiger partial charge in [0.1, 0.15) is 12.4 Å². The van der Waals surface area contributed by atoms with Gasteiger partial charge >= 0.3 is 0 Å². The van der Waals surface area contributed by atoms with Gasteiger partial charge in [-0.05, 0) is 67.8 Å². The summed E-state index contributed by atoms with van der Waals surface area (Å²) in [7, 11) is 3.26. The van der Waals surface area contributed by atoms with E-state index in [0.29, 0.717) is 31.1 Å². The monoisotopic (exact) mass is 490 g/mol. The summed E-state index contributed by atoms with van der Waals surface area (Å²) in [6, 6.07) is 21.6. The number of aryl methyl sites for hydroxylation is 1. The molecule has 1 atom stereocenters. The number of carbonyl (C=O) groups is 1. The van der Waals surface area contributed by atoms with Gasteiger partial charge in [-0.15, -0.1) is 0 Å². The normalized spacial score (nSPS) is 16.6. The summed E-state index contributed by atoms with van der Waals surface area (Å²) in [4.78, 5) is 19.6. The van der Waals surface area contributed by atoms with Gasteiger partial charge < -0.3 is 14.2 Å². The SMILES string of the molecule is CCN1C(=O)[C@@H](Cc2ccc(OCc3ccc(C)cc3)c(OC)c2)SC1=Nc1ccc(OC)cc1. The number of methoxy groups -OCH3 is 2. The van der Waals surface area contributed by atoms with Crippen LogP contribution in [0.2, 0.25) is 0 Å². The Balaban J connectivity index is 1.46. The van der Waals surface area contributed by atoms with Crippen molar-refractivity contribution in [3.05, 3.63) is 83.4 Å². The fourth-order valence-electron chi connectivity index (χ4n) is 3.80. The quantitative estimate of drug-likeness (QED) is 0.380. The summed E-state index contributed by atoms with van der Waals surface area (Å²) in [6.07, 6.45) is 0.580. The second-order valence-electron chi connectivity index (χ2n) is 8.25. The molecule has 4 rings (SSSR count). The lowest BCUT2D eigenvalue weighted by molar-refractivity contribution is -0.126. The standard InChI is InChI=1S/C28H30N2O4S/c1-5-30-27(31)26(35-28(30)29-22-11-13-23(32-3)14-12-22)17-21-10-15-24(25(16-21)33-4)34-18-20-8-6-19(2)7-9-20/h6-16,26H,5,17-18H2,1-4H3/t26-/m1/s1. The van der Waals surface area contributed by atoms with E-state index in [1.165, 1.54) is 17.3 Å². The molecule has 0 radical (unpaired) electrons. The number of amides is 1. The maximum absolute atomic E-state index is 13.1. The summed E-state index contributed by atoms with van der Waals surface area (Å²) in [5.41, 5.74) is 4.11. The molecule has 0 aromatic heterocycles. The van der Waals surface area contributed by atoms with Crippen LogP contribution in [0.3, 0.4) is 0 Å². The predicted octanol–water partition coefficient (Wildman–Crippen LogP) is 5.79. The van der Waals surface area contributed by atoms with Crippen LogP contribution in [-0.4, -0.2) is 42.0 Å². The van der Waals surface area contributed by atoms with Crippen LogP contribution >= 0.6 is 11.8 Å². The van der Waals surface area contributed by atoms with Gasteiger partial charge in [0.2, 0.25) is 5.91 Å². The van der Waals surface area contributed by atoms with Crippen molar-refractivity contribution in [3.63, 3.8) is 0 Å². The largest absolute Gasteiger partial charge is 0.497 e. The molecule has 0 saturated carbocycles. The molecular weight excluding hydrogens is 460 g/mol. The molecule has 0 spiro atoms. The fourth-order valence-corrected chi connectivity index (χ4v) is 5.06. The number of thioether (sulfide) groups is 1. The van der Waals surface area contributed by atoms with E-state index in [2.05, 4.69) is 31.2 Å². The number of rotatable bonds is 9. The van der Waals surface area contributed by atoms with E-state index in [4.69, 9.17) is 19.2 Å². The summed E-state index contributed by atoms with van der Waals surface area (Å²) < 4.78 is 16.8. The number of nitrogens with zero attached hydrogens (tertiary/aromatic N) is 2. The Morgan fingerprint density at radius 3 is 2.29 bits per heavy atom. The third kappa shape index (κ3) is 5.98. The Morgan fingerprint density at radius 1 is 0.914 bits per heavy atom. The van der Waals surface area contributed by atoms with Crippen molar-refractivity contribution in [2.24, 2.45) is 4.99 Å². The Morgan fingerprint density at radius 2 is 1.63 bits per heavy atom. The number of benzene rings is 3. The van der Waals surface area contributed by atoms with E-state index in [-0.39, 0.29) is 11.2 Å². The highest BCUT2D eigenvalue weighted by atomic mass is 32.2. The summed E-state index contributed by atoms with van der Waals surface area (Å²) in [5.74, 6) is 2.18. The zero-order valence-electron chi connectivity index (χ0n) is 20.5. The Labute approximate surface area is 210 Å². The molecule has 182 valence electrons. The zero-order valence-corrected chi connectivity index (χ0v) is 21.3. The highest BCUT2D eigenvalue weighted by Gasteiger charge is 2.37. The number of hydrogen-bond acceptors (Lipinski definition) is 6. The Bertz CT molecular complexity index is 1190. The van der Waals surface area contributed by atoms with Gasteiger partial charge in [-0.2, -0.15) is 0 Å². The number of aliphatic imine (C=N–C) groups is 1. The third-order valence-electron chi connectivity index (χ3n) is 5.80. The number of hydrogen-bond donors (Lipinski definition) is 0. The Kier molecular flexibility index (Phi) is 7.98. The summed E-state index contributed by atoms with van der Waals surface area (Å²) in [5, 5.41) is 0.480. The molecule has 0 bridgehead atoms. The number of ether oxygens (including phenoxy) is 3. The molecule has 1 amide bonds. The van der Waals surface area contributed by atoms with Gasteiger partial charge in [0.25, 0.3) is 0 Å². The highest BCUT2D eigenvalue weighted by Crippen LogP contribution is 2.34. The molecule has 1 heterocycles. The highest BCUT2D eigenvalue weighted by molar-refractivity contribution is 8.15. The molecule has 1 aliphatic rings. The maximum Gasteiger partial charge on any atom is 0.242 e. The molecule has 35 heavy (non-hydrogen) atoms. The van der Waals surface area contributed by atoms with Crippen molar-refractivity contribution in [3.8, 4) is 17.2 Å². The average molecular weight is 491 g/mol. The molecule has 6 nitrogen and oxygen atoms in total. The molecular formula is C28H30N2O4S. The molecule has 3 aromatic carbocycles. The smallest absolute Gasteiger partial charge is 0.242 e. The minimum atomic E-state index is -0.240. The van der Waals surface area contributed by atoms with Gasteiger partial charge in [-0.25, -0.2) is 4.99 Å². The van der Waals surface area contributed by atoms with Gasteiger partial charge in [0.05, 0.1) is 25.2 Å². The second kappa shape index (κ2) is 11.3. The summed E-state index contributed by atoms with van der Waals surface area (Å²) >= 11 is 1.50. The number of carbonyl (C=O) groups excluding carboxylic acids is 1. The van der Waals surface area contributed by atoms with Crippen LogP contribution in [0.4, 0.5) is 5.69 Å². The lowest BCUT2D eigenvalue weighted by atomic mass is 10.1. The molecule has 0 unspecified atom stereocenters. The van der Waals surface area contributed by atoms with Crippen LogP contribution in [0.5, 0.6) is 17.2 Å². The predicted molar refractivity (Wildman–Crippen MR) is 141 cm³/mol. The van der Waals surface area contributed by atoms with Gasteiger partial charge in [0.15, 0.2) is 16.7 Å². The van der Waals surface area contributed by atoms with Gasteiger partial charge in [-0.3, -0.25) is 9.69 Å². The maximum atomic E-state index is 13.1. The van der Waals surface area contributed by atoms with Crippen LogP contribution < -0.4 is 14.2 Å². The van der Waals surface area contributed by atoms with E-state index in [0.717, 1.165) is 27.7 Å². The van der Waals surface area contributed by atoms with Crippen molar-refractivity contribution in [1.82, 2.24) is 4.90 Å². The molecule has 7 heteroatoms. The summed E-state index contributed by atoms with van der Waals surface area (Å²) in [6.45, 7) is 5.07. The van der Waals surface area contributed by atoms with Crippen molar-refractivity contribution in [1.29, 1.82) is 0 Å². The van der Waals surface area contributed by atoms with Crippen molar-refractivity contribution in [2.45, 2.75) is 32.1 Å². The van der Waals surface area contributed by atoms with E-state index < -0.39 is 0 Å². The van der Waals surface area contributed by atoms with Crippen molar-refractivity contribution in [2.75, 3.05) is 20.8 Å². The molecule has 1 fully saturated rings. The van der Waals surface area contributed by atoms with E-state index >= 15 is 0 Å². The van der Waals surface area contributed by atoms with Crippen LogP contribution in [0.25, 0.3) is 0 Å². The first-order valence-corrected chi connectivity index (χ1v) is 12.4.